The van der Waals surface area contributed by atoms with Crippen molar-refractivity contribution in [2.24, 2.45) is 0 Å². The number of amides is 1. The first-order valence-electron chi connectivity index (χ1n) is 6.24. The van der Waals surface area contributed by atoms with E-state index in [1.165, 1.54) is 16.9 Å². The Hall–Kier alpha value is -2.74. The number of aliphatic hydroxyl groups excluding tert-OH is 1. The van der Waals surface area contributed by atoms with E-state index in [0.29, 0.717) is 5.56 Å². The number of hydrogen-bond acceptors (Lipinski definition) is 5. The van der Waals surface area contributed by atoms with Gasteiger partial charge in [0.2, 0.25) is 5.91 Å². The van der Waals surface area contributed by atoms with Gasteiger partial charge in [-0.3, -0.25) is 4.79 Å². The largest absolute Gasteiger partial charge is 0.389 e. The molecular formula is C13H14N4O4. The lowest BCUT2D eigenvalue weighted by atomic mass is 10.1. The Kier molecular flexibility index (Phi) is 4.62. The first-order chi connectivity index (χ1) is 10.1. The Morgan fingerprint density at radius 1 is 1.38 bits per heavy atom. The molecule has 21 heavy (non-hydrogen) atoms. The summed E-state index contributed by atoms with van der Waals surface area (Å²) in [6.07, 6.45) is 0.549. The molecule has 0 fully saturated rings. The maximum absolute atomic E-state index is 11.7. The van der Waals surface area contributed by atoms with Gasteiger partial charge in [-0.2, -0.15) is 4.68 Å². The lowest BCUT2D eigenvalue weighted by Gasteiger charge is -2.11. The number of rotatable bonds is 6. The highest BCUT2D eigenvalue weighted by Crippen LogP contribution is 2.10. The number of hydrogen-bond donors (Lipinski definition) is 2. The topological polar surface area (TPSA) is 110 Å². The van der Waals surface area contributed by atoms with Crippen molar-refractivity contribution < 1.29 is 14.8 Å². The Balaban J connectivity index is 1.83. The van der Waals surface area contributed by atoms with Crippen LogP contribution in [0.5, 0.6) is 0 Å². The number of nitrogens with zero attached hydrogens (tertiary/aromatic N) is 3. The van der Waals surface area contributed by atoms with E-state index in [-0.39, 0.29) is 24.8 Å². The first-order valence-corrected chi connectivity index (χ1v) is 6.24. The standard InChI is InChI=1S/C13H14N4O4/c18-11(10-4-2-1-3-5-10)8-14-13(19)9-16-7-6-12(15-16)17(20)21/h1-7,11,18H,8-9H2,(H,14,19). The second-order valence-electron chi connectivity index (χ2n) is 4.36. The van der Waals surface area contributed by atoms with Gasteiger partial charge in [0, 0.05) is 6.54 Å². The predicted molar refractivity (Wildman–Crippen MR) is 73.3 cm³/mol. The summed E-state index contributed by atoms with van der Waals surface area (Å²) in [6, 6.07) is 10.2. The van der Waals surface area contributed by atoms with Crippen molar-refractivity contribution in [2.75, 3.05) is 6.54 Å². The fourth-order valence-electron chi connectivity index (χ4n) is 1.74. The maximum atomic E-state index is 11.7. The summed E-state index contributed by atoms with van der Waals surface area (Å²) in [6.45, 7) is -0.0818. The number of aromatic nitrogens is 2. The molecule has 0 spiro atoms. The molecule has 0 bridgehead atoms. The molecule has 0 aliphatic heterocycles. The molecule has 8 nitrogen and oxygen atoms in total. The summed E-state index contributed by atoms with van der Waals surface area (Å²) < 4.78 is 1.17. The van der Waals surface area contributed by atoms with Crippen LogP contribution in [0.15, 0.2) is 42.6 Å². The molecule has 0 radical (unpaired) electrons. The smallest absolute Gasteiger partial charge is 0.387 e. The summed E-state index contributed by atoms with van der Waals surface area (Å²) in [5.74, 6) is -0.699. The maximum Gasteiger partial charge on any atom is 0.389 e. The van der Waals surface area contributed by atoms with Crippen LogP contribution in [0.2, 0.25) is 0 Å². The molecule has 1 heterocycles. The minimum absolute atomic E-state index is 0.0617. The highest BCUT2D eigenvalue weighted by atomic mass is 16.6. The van der Waals surface area contributed by atoms with E-state index >= 15 is 0 Å². The molecule has 110 valence electrons. The number of aliphatic hydroxyl groups is 1. The fourth-order valence-corrected chi connectivity index (χ4v) is 1.74. The van der Waals surface area contributed by atoms with Gasteiger partial charge in [-0.15, -0.1) is 0 Å². The third kappa shape index (κ3) is 4.11. The van der Waals surface area contributed by atoms with Gasteiger partial charge in [-0.1, -0.05) is 30.3 Å². The van der Waals surface area contributed by atoms with Crippen LogP contribution >= 0.6 is 0 Å². The predicted octanol–water partition coefficient (Wildman–Crippen LogP) is 0.641. The van der Waals surface area contributed by atoms with E-state index in [2.05, 4.69) is 10.4 Å². The van der Waals surface area contributed by atoms with Gasteiger partial charge in [0.05, 0.1) is 23.5 Å². The normalized spacial score (nSPS) is 11.9. The SMILES string of the molecule is O=C(Cn1ccc([N+](=O)[O-])n1)NCC(O)c1ccccc1. The average Bonchev–Trinajstić information content (AvgIpc) is 2.94. The van der Waals surface area contributed by atoms with Crippen molar-refractivity contribution in [1.82, 2.24) is 15.1 Å². The summed E-state index contributed by atoms with van der Waals surface area (Å²) in [5, 5.41) is 26.5. The fraction of sp³-hybridized carbons (Fsp3) is 0.231. The third-order valence-electron chi connectivity index (χ3n) is 2.80. The minimum Gasteiger partial charge on any atom is -0.387 e. The Morgan fingerprint density at radius 3 is 2.71 bits per heavy atom. The lowest BCUT2D eigenvalue weighted by Crippen LogP contribution is -2.31. The van der Waals surface area contributed by atoms with Crippen molar-refractivity contribution in [2.45, 2.75) is 12.6 Å². The van der Waals surface area contributed by atoms with E-state index in [9.17, 15) is 20.0 Å². The molecule has 1 atom stereocenters. The number of carbonyl (C=O) groups excluding carboxylic acids is 1. The minimum atomic E-state index is -0.804. The molecule has 0 saturated carbocycles. The van der Waals surface area contributed by atoms with Crippen molar-refractivity contribution in [1.29, 1.82) is 0 Å². The van der Waals surface area contributed by atoms with Gasteiger partial charge in [-0.05, 0) is 10.5 Å². The molecule has 1 amide bonds. The van der Waals surface area contributed by atoms with Crippen LogP contribution in [0.3, 0.4) is 0 Å². The van der Waals surface area contributed by atoms with E-state index in [1.54, 1.807) is 24.3 Å². The lowest BCUT2D eigenvalue weighted by molar-refractivity contribution is -0.389. The van der Waals surface area contributed by atoms with Gasteiger partial charge >= 0.3 is 5.82 Å². The zero-order valence-corrected chi connectivity index (χ0v) is 11.0. The van der Waals surface area contributed by atoms with Crippen molar-refractivity contribution in [3.63, 3.8) is 0 Å². The first kappa shape index (κ1) is 14.7. The van der Waals surface area contributed by atoms with E-state index < -0.39 is 11.0 Å². The Bertz CT molecular complexity index is 626. The van der Waals surface area contributed by atoms with Crippen LogP contribution in [-0.4, -0.2) is 32.3 Å². The molecule has 0 saturated heterocycles. The summed E-state index contributed by atoms with van der Waals surface area (Å²) >= 11 is 0. The molecule has 2 rings (SSSR count). The summed E-state index contributed by atoms with van der Waals surface area (Å²) in [4.78, 5) is 21.5. The monoisotopic (exact) mass is 290 g/mol. The summed E-state index contributed by atoms with van der Waals surface area (Å²) in [7, 11) is 0. The molecule has 0 aliphatic rings. The van der Waals surface area contributed by atoms with Gasteiger partial charge in [0.15, 0.2) is 0 Å². The van der Waals surface area contributed by atoms with Crippen molar-refractivity contribution in [3.8, 4) is 0 Å². The third-order valence-corrected chi connectivity index (χ3v) is 2.80. The second-order valence-corrected chi connectivity index (χ2v) is 4.36. The molecule has 1 unspecified atom stereocenters. The average molecular weight is 290 g/mol. The van der Waals surface area contributed by atoms with Crippen LogP contribution in [0.1, 0.15) is 11.7 Å². The van der Waals surface area contributed by atoms with E-state index in [1.807, 2.05) is 6.07 Å². The molecule has 0 aliphatic carbocycles. The van der Waals surface area contributed by atoms with E-state index in [0.717, 1.165) is 0 Å². The van der Waals surface area contributed by atoms with Crippen LogP contribution in [0, 0.1) is 10.1 Å². The molecular weight excluding hydrogens is 276 g/mol. The molecule has 1 aromatic heterocycles. The Labute approximate surface area is 120 Å². The van der Waals surface area contributed by atoms with Gasteiger partial charge in [0.1, 0.15) is 6.54 Å². The van der Waals surface area contributed by atoms with Crippen LogP contribution in [-0.2, 0) is 11.3 Å². The van der Waals surface area contributed by atoms with E-state index in [4.69, 9.17) is 0 Å². The summed E-state index contributed by atoms with van der Waals surface area (Å²) in [5.41, 5.74) is 0.701. The van der Waals surface area contributed by atoms with Crippen molar-refractivity contribution in [3.05, 3.63) is 58.3 Å². The zero-order valence-electron chi connectivity index (χ0n) is 11.0. The van der Waals surface area contributed by atoms with Crippen molar-refractivity contribution >= 4 is 11.7 Å². The van der Waals surface area contributed by atoms with Gasteiger partial charge in [0.25, 0.3) is 0 Å². The highest BCUT2D eigenvalue weighted by Gasteiger charge is 2.14. The molecule has 2 N–H and O–H groups in total. The zero-order chi connectivity index (χ0) is 15.2. The number of nitro groups is 1. The van der Waals surface area contributed by atoms with Crippen LogP contribution in [0.4, 0.5) is 5.82 Å². The number of benzene rings is 1. The van der Waals surface area contributed by atoms with Gasteiger partial charge < -0.3 is 20.5 Å². The van der Waals surface area contributed by atoms with Crippen LogP contribution in [0.25, 0.3) is 0 Å². The Morgan fingerprint density at radius 2 is 2.10 bits per heavy atom. The molecule has 8 heteroatoms. The van der Waals surface area contributed by atoms with Crippen LogP contribution < -0.4 is 5.32 Å². The molecule has 2 aromatic rings. The number of carbonyl (C=O) groups is 1. The molecule has 1 aromatic carbocycles. The second kappa shape index (κ2) is 6.62. The highest BCUT2D eigenvalue weighted by molar-refractivity contribution is 5.75. The number of nitrogens with one attached hydrogen (secondary N) is 1. The van der Waals surface area contributed by atoms with Gasteiger partial charge in [-0.25, -0.2) is 0 Å². The quantitative estimate of drug-likeness (QED) is 0.599.